The Morgan fingerprint density at radius 3 is 1.50 bits per heavy atom. The molecular weight excluding hydrogens is 276 g/mol. The summed E-state index contributed by atoms with van der Waals surface area (Å²) in [5.41, 5.74) is -1.29. The third-order valence-electron chi connectivity index (χ3n) is 4.44. The Balaban J connectivity index is 2.23. The highest BCUT2D eigenvalue weighted by Gasteiger charge is 2.84. The molecule has 2 heterocycles. The van der Waals surface area contributed by atoms with Gasteiger partial charge in [0.25, 0.3) is 0 Å². The number of epoxide rings is 2. The van der Waals surface area contributed by atoms with Gasteiger partial charge in [0.05, 0.1) is 0 Å². The summed E-state index contributed by atoms with van der Waals surface area (Å²) in [5, 5.41) is 0. The molecule has 2 fully saturated rings. The minimum absolute atomic E-state index is 0.0316. The second-order valence-electron chi connectivity index (χ2n) is 5.79. The van der Waals surface area contributed by atoms with E-state index in [9.17, 15) is 0 Å². The van der Waals surface area contributed by atoms with Gasteiger partial charge in [-0.2, -0.15) is 0 Å². The van der Waals surface area contributed by atoms with Crippen molar-refractivity contribution in [2.45, 2.75) is 70.1 Å². The van der Waals surface area contributed by atoms with Crippen LogP contribution in [0.4, 0.5) is 0 Å². The summed E-state index contributed by atoms with van der Waals surface area (Å²) in [5.74, 6) is 0. The summed E-state index contributed by atoms with van der Waals surface area (Å²) in [6.45, 7) is 11.7. The van der Waals surface area contributed by atoms with Gasteiger partial charge in [0.1, 0.15) is 12.2 Å². The lowest BCUT2D eigenvalue weighted by molar-refractivity contribution is -0.0498. The number of rotatable bonds is 9. The van der Waals surface area contributed by atoms with E-state index in [1.807, 2.05) is 13.8 Å². The molecule has 2 rings (SSSR count). The summed E-state index contributed by atoms with van der Waals surface area (Å²) in [7, 11) is -0.821. The third kappa shape index (κ3) is 2.17. The van der Waals surface area contributed by atoms with E-state index in [-0.39, 0.29) is 12.2 Å². The fourth-order valence-corrected chi connectivity index (χ4v) is 7.24. The Kier molecular flexibility index (Phi) is 4.64. The minimum atomic E-state index is -2.55. The molecule has 5 nitrogen and oxygen atoms in total. The third-order valence-corrected chi connectivity index (χ3v) is 9.25. The van der Waals surface area contributed by atoms with Crippen molar-refractivity contribution in [1.82, 2.24) is 0 Å². The van der Waals surface area contributed by atoms with Gasteiger partial charge in [0, 0.05) is 20.3 Å². The molecule has 2 saturated heterocycles. The van der Waals surface area contributed by atoms with Crippen molar-refractivity contribution < 1.29 is 23.4 Å². The zero-order valence-electron chi connectivity index (χ0n) is 13.5. The van der Waals surface area contributed by atoms with E-state index < -0.39 is 19.1 Å². The summed E-state index contributed by atoms with van der Waals surface area (Å²) in [6.07, 6.45) is 1.96. The quantitative estimate of drug-likeness (QED) is 0.483. The molecule has 0 aromatic carbocycles. The Labute approximate surface area is 123 Å². The molecule has 6 heteroatoms. The molecule has 20 heavy (non-hydrogen) atoms. The molecule has 0 radical (unpaired) electrons. The Morgan fingerprint density at radius 1 is 0.950 bits per heavy atom. The minimum Gasteiger partial charge on any atom is -0.410 e. The molecule has 0 aromatic rings. The zero-order chi connectivity index (χ0) is 15.0. The van der Waals surface area contributed by atoms with E-state index in [0.29, 0.717) is 13.2 Å². The van der Waals surface area contributed by atoms with E-state index in [4.69, 9.17) is 23.4 Å². The summed E-state index contributed by atoms with van der Waals surface area (Å²) in [4.78, 5) is 0. The van der Waals surface area contributed by atoms with E-state index in [1.165, 1.54) is 0 Å². The first-order valence-corrected chi connectivity index (χ1v) is 10.0. The lowest BCUT2D eigenvalue weighted by Gasteiger charge is -2.36. The van der Waals surface area contributed by atoms with Crippen LogP contribution in [0.3, 0.4) is 0 Å². The Hall–Kier alpha value is 0.0169. The van der Waals surface area contributed by atoms with Crippen molar-refractivity contribution in [2.75, 3.05) is 20.3 Å². The van der Waals surface area contributed by atoms with Crippen molar-refractivity contribution in [1.29, 1.82) is 0 Å². The molecule has 0 aromatic heterocycles. The largest absolute Gasteiger partial charge is 0.410 e. The summed E-state index contributed by atoms with van der Waals surface area (Å²) in [6, 6.07) is 0. The molecule has 0 N–H and O–H groups in total. The van der Waals surface area contributed by atoms with Crippen LogP contribution in [0.5, 0.6) is 0 Å². The lowest BCUT2D eigenvalue weighted by atomic mass is 10.5. The normalized spacial score (nSPS) is 42.3. The number of hydrogen-bond donors (Lipinski definition) is 0. The second-order valence-corrected chi connectivity index (χ2v) is 9.66. The first-order chi connectivity index (χ1) is 9.44. The first-order valence-electron chi connectivity index (χ1n) is 7.62. The molecule has 2 aliphatic rings. The standard InChI is InChI=1S/C14H28O5Si/c1-7-9-16-13(11(3)18-13)20(6,15-5)14(12(4)19-14)17-10-8-2/h11-12H,7-10H2,1-6H3. The molecule has 0 amide bonds. The zero-order valence-corrected chi connectivity index (χ0v) is 14.5. The van der Waals surface area contributed by atoms with E-state index in [1.54, 1.807) is 7.11 Å². The van der Waals surface area contributed by atoms with Crippen LogP contribution >= 0.6 is 0 Å². The van der Waals surface area contributed by atoms with Crippen molar-refractivity contribution in [3.8, 4) is 0 Å². The van der Waals surface area contributed by atoms with Crippen LogP contribution in [0, 0.1) is 0 Å². The van der Waals surface area contributed by atoms with Crippen molar-refractivity contribution in [3.63, 3.8) is 0 Å². The van der Waals surface area contributed by atoms with Gasteiger partial charge >= 0.3 is 8.32 Å². The topological polar surface area (TPSA) is 52.8 Å². The van der Waals surface area contributed by atoms with Gasteiger partial charge in [-0.25, -0.2) is 0 Å². The van der Waals surface area contributed by atoms with Gasteiger partial charge in [-0.3, -0.25) is 0 Å². The molecule has 4 atom stereocenters. The molecular formula is C14H28O5Si. The van der Waals surface area contributed by atoms with Crippen LogP contribution in [0.1, 0.15) is 40.5 Å². The highest BCUT2D eigenvalue weighted by Crippen LogP contribution is 2.57. The smallest absolute Gasteiger partial charge is 0.324 e. The van der Waals surface area contributed by atoms with Gasteiger partial charge in [0.15, 0.2) is 0 Å². The maximum absolute atomic E-state index is 6.07. The maximum atomic E-state index is 6.07. The van der Waals surface area contributed by atoms with Gasteiger partial charge in [-0.05, 0) is 33.2 Å². The van der Waals surface area contributed by atoms with Crippen LogP contribution < -0.4 is 0 Å². The molecule has 118 valence electrons. The monoisotopic (exact) mass is 304 g/mol. The number of hydrogen-bond acceptors (Lipinski definition) is 5. The van der Waals surface area contributed by atoms with Crippen LogP contribution in [-0.2, 0) is 23.4 Å². The highest BCUT2D eigenvalue weighted by molar-refractivity contribution is 6.79. The molecule has 0 spiro atoms. The van der Waals surface area contributed by atoms with Crippen molar-refractivity contribution in [3.05, 3.63) is 0 Å². The fraction of sp³-hybridized carbons (Fsp3) is 1.00. The number of ether oxygens (including phenoxy) is 4. The molecule has 0 bridgehead atoms. The van der Waals surface area contributed by atoms with Crippen molar-refractivity contribution >= 4 is 8.32 Å². The molecule has 4 unspecified atom stereocenters. The van der Waals surface area contributed by atoms with Crippen LogP contribution in [-0.4, -0.2) is 51.7 Å². The molecule has 2 aliphatic heterocycles. The summed E-state index contributed by atoms with van der Waals surface area (Å²) >= 11 is 0. The van der Waals surface area contributed by atoms with Crippen LogP contribution in [0.2, 0.25) is 6.55 Å². The fourth-order valence-electron chi connectivity index (χ4n) is 3.07. The predicted molar refractivity (Wildman–Crippen MR) is 77.7 cm³/mol. The second kappa shape index (κ2) is 5.66. The maximum Gasteiger partial charge on any atom is 0.324 e. The van der Waals surface area contributed by atoms with Crippen LogP contribution in [0.15, 0.2) is 0 Å². The first kappa shape index (κ1) is 16.4. The van der Waals surface area contributed by atoms with Gasteiger partial charge in [0.2, 0.25) is 10.8 Å². The Bertz CT molecular complexity index is 324. The van der Waals surface area contributed by atoms with Gasteiger partial charge < -0.3 is 23.4 Å². The van der Waals surface area contributed by atoms with E-state index in [2.05, 4.69) is 20.4 Å². The van der Waals surface area contributed by atoms with E-state index in [0.717, 1.165) is 12.8 Å². The van der Waals surface area contributed by atoms with E-state index >= 15 is 0 Å². The van der Waals surface area contributed by atoms with Crippen LogP contribution in [0.25, 0.3) is 0 Å². The average molecular weight is 304 g/mol. The molecule has 0 aliphatic carbocycles. The van der Waals surface area contributed by atoms with Gasteiger partial charge in [-0.1, -0.05) is 13.8 Å². The SMILES string of the molecule is CCCOC1([Si](C)(OC)C2(OCCC)OC2C)OC1C. The predicted octanol–water partition coefficient (Wildman–Crippen LogP) is 2.37. The van der Waals surface area contributed by atoms with Crippen molar-refractivity contribution in [2.24, 2.45) is 0 Å². The lowest BCUT2D eigenvalue weighted by Crippen LogP contribution is -2.65. The highest BCUT2D eigenvalue weighted by atomic mass is 28.4. The average Bonchev–Trinajstić information content (AvgIpc) is 3.30. The van der Waals surface area contributed by atoms with Gasteiger partial charge in [-0.15, -0.1) is 0 Å². The molecule has 0 saturated carbocycles. The summed E-state index contributed by atoms with van der Waals surface area (Å²) < 4.78 is 29.8. The Morgan fingerprint density at radius 2 is 1.30 bits per heavy atom.